The van der Waals surface area contributed by atoms with Crippen molar-refractivity contribution in [3.8, 4) is 0 Å². The van der Waals surface area contributed by atoms with Gasteiger partial charge in [-0.1, -0.05) is 17.7 Å². The van der Waals surface area contributed by atoms with E-state index in [1.165, 1.54) is 23.8 Å². The Morgan fingerprint density at radius 3 is 3.00 bits per heavy atom. The highest BCUT2D eigenvalue weighted by atomic mass is 35.5. The molecule has 3 heteroatoms. The molecule has 3 rings (SSSR count). The molecule has 1 saturated heterocycles. The van der Waals surface area contributed by atoms with E-state index in [1.807, 2.05) is 6.92 Å². The van der Waals surface area contributed by atoms with Crippen LogP contribution in [0.5, 0.6) is 0 Å². The summed E-state index contributed by atoms with van der Waals surface area (Å²) in [6, 6.07) is 8.68. The van der Waals surface area contributed by atoms with Crippen LogP contribution in [-0.4, -0.2) is 18.1 Å². The molecule has 1 aromatic heterocycles. The van der Waals surface area contributed by atoms with Gasteiger partial charge in [-0.2, -0.15) is 0 Å². The van der Waals surface area contributed by atoms with Crippen molar-refractivity contribution >= 4 is 22.5 Å². The number of pyridine rings is 1. The quantitative estimate of drug-likeness (QED) is 0.792. The predicted octanol–water partition coefficient (Wildman–Crippen LogP) is 3.66. The van der Waals surface area contributed by atoms with Gasteiger partial charge in [-0.3, -0.25) is 0 Å². The maximum absolute atomic E-state index is 6.06. The number of aromatic nitrogens is 1. The van der Waals surface area contributed by atoms with E-state index in [0.29, 0.717) is 11.1 Å². The van der Waals surface area contributed by atoms with Gasteiger partial charge < -0.3 is 5.32 Å². The molecular formula is C15H17ClN2. The predicted molar refractivity (Wildman–Crippen MR) is 76.3 cm³/mol. The lowest BCUT2D eigenvalue weighted by atomic mass is 9.91. The first-order valence-corrected chi connectivity index (χ1v) is 6.89. The number of aryl methyl sites for hydroxylation is 1. The Morgan fingerprint density at radius 1 is 1.33 bits per heavy atom. The molecule has 1 fully saturated rings. The molecule has 0 spiro atoms. The van der Waals surface area contributed by atoms with Crippen molar-refractivity contribution in [2.24, 2.45) is 0 Å². The zero-order valence-electron chi connectivity index (χ0n) is 10.5. The molecule has 1 unspecified atom stereocenters. The second-order valence-electron chi connectivity index (χ2n) is 5.09. The van der Waals surface area contributed by atoms with Crippen molar-refractivity contribution in [1.29, 1.82) is 0 Å². The van der Waals surface area contributed by atoms with Crippen molar-refractivity contribution in [1.82, 2.24) is 10.3 Å². The third kappa shape index (κ3) is 2.23. The molecule has 0 bridgehead atoms. The van der Waals surface area contributed by atoms with Crippen molar-refractivity contribution < 1.29 is 0 Å². The Morgan fingerprint density at radius 2 is 2.22 bits per heavy atom. The van der Waals surface area contributed by atoms with Gasteiger partial charge in [0, 0.05) is 11.9 Å². The Balaban J connectivity index is 2.02. The van der Waals surface area contributed by atoms with Gasteiger partial charge in [0.15, 0.2) is 0 Å². The summed E-state index contributed by atoms with van der Waals surface area (Å²) in [6.45, 7) is 4.25. The maximum atomic E-state index is 6.06. The van der Waals surface area contributed by atoms with Gasteiger partial charge in [0.25, 0.3) is 0 Å². The highest BCUT2D eigenvalue weighted by Crippen LogP contribution is 2.27. The molecule has 2 heterocycles. The van der Waals surface area contributed by atoms with Crippen LogP contribution < -0.4 is 5.32 Å². The topological polar surface area (TPSA) is 24.9 Å². The molecule has 2 nitrogen and oxygen atoms in total. The number of rotatable bonds is 1. The van der Waals surface area contributed by atoms with Gasteiger partial charge in [-0.25, -0.2) is 4.98 Å². The van der Waals surface area contributed by atoms with Gasteiger partial charge in [-0.15, -0.1) is 0 Å². The van der Waals surface area contributed by atoms with Crippen LogP contribution in [0.25, 0.3) is 10.9 Å². The van der Waals surface area contributed by atoms with E-state index in [9.17, 15) is 0 Å². The van der Waals surface area contributed by atoms with E-state index < -0.39 is 0 Å². The molecule has 0 amide bonds. The third-order valence-electron chi connectivity index (χ3n) is 3.74. The molecule has 0 radical (unpaired) electrons. The van der Waals surface area contributed by atoms with Crippen molar-refractivity contribution in [2.45, 2.75) is 25.7 Å². The third-order valence-corrected chi connectivity index (χ3v) is 4.12. The highest BCUT2D eigenvalue weighted by Gasteiger charge is 2.15. The average Bonchev–Trinajstić information content (AvgIpc) is 2.41. The van der Waals surface area contributed by atoms with Gasteiger partial charge >= 0.3 is 0 Å². The monoisotopic (exact) mass is 260 g/mol. The van der Waals surface area contributed by atoms with Crippen LogP contribution in [0.4, 0.5) is 0 Å². The average molecular weight is 261 g/mol. The SMILES string of the molecule is Cc1cc2cc(C3CCCNC3)ccc2nc1Cl. The lowest BCUT2D eigenvalue weighted by molar-refractivity contribution is 0.462. The Kier molecular flexibility index (Phi) is 3.23. The minimum absolute atomic E-state index is 0.606. The molecule has 94 valence electrons. The Labute approximate surface area is 112 Å². The molecule has 1 aromatic carbocycles. The van der Waals surface area contributed by atoms with Crippen LogP contribution in [0.3, 0.4) is 0 Å². The van der Waals surface area contributed by atoms with E-state index in [4.69, 9.17) is 11.6 Å². The first-order chi connectivity index (χ1) is 8.74. The molecule has 18 heavy (non-hydrogen) atoms. The second kappa shape index (κ2) is 4.87. The summed E-state index contributed by atoms with van der Waals surface area (Å²) in [4.78, 5) is 4.41. The van der Waals surface area contributed by atoms with Gasteiger partial charge in [0.05, 0.1) is 5.52 Å². The first kappa shape index (κ1) is 11.9. The number of nitrogens with zero attached hydrogens (tertiary/aromatic N) is 1. The summed E-state index contributed by atoms with van der Waals surface area (Å²) in [5.74, 6) is 0.638. The van der Waals surface area contributed by atoms with Crippen molar-refractivity contribution in [2.75, 3.05) is 13.1 Å². The number of hydrogen-bond donors (Lipinski definition) is 1. The number of piperidine rings is 1. The summed E-state index contributed by atoms with van der Waals surface area (Å²) in [5.41, 5.74) is 3.44. The fourth-order valence-corrected chi connectivity index (χ4v) is 2.81. The van der Waals surface area contributed by atoms with Crippen molar-refractivity contribution in [3.63, 3.8) is 0 Å². The Bertz CT molecular complexity index is 574. The fraction of sp³-hybridized carbons (Fsp3) is 0.400. The van der Waals surface area contributed by atoms with E-state index in [0.717, 1.165) is 24.2 Å². The van der Waals surface area contributed by atoms with Crippen LogP contribution in [0.2, 0.25) is 5.15 Å². The zero-order chi connectivity index (χ0) is 12.5. The molecule has 1 aliphatic rings. The van der Waals surface area contributed by atoms with Gasteiger partial charge in [0.2, 0.25) is 0 Å². The van der Waals surface area contributed by atoms with Gasteiger partial charge in [0.1, 0.15) is 5.15 Å². The fourth-order valence-electron chi connectivity index (χ4n) is 2.67. The lowest BCUT2D eigenvalue weighted by Crippen LogP contribution is -2.28. The van der Waals surface area contributed by atoms with Crippen LogP contribution in [0.15, 0.2) is 24.3 Å². The Hall–Kier alpha value is -1.12. The number of fused-ring (bicyclic) bond motifs is 1. The summed E-state index contributed by atoms with van der Waals surface area (Å²) in [5, 5.41) is 5.27. The molecular weight excluding hydrogens is 244 g/mol. The van der Waals surface area contributed by atoms with Crippen molar-refractivity contribution in [3.05, 3.63) is 40.5 Å². The summed E-state index contributed by atoms with van der Waals surface area (Å²) in [6.07, 6.45) is 2.54. The first-order valence-electron chi connectivity index (χ1n) is 6.51. The van der Waals surface area contributed by atoms with E-state index >= 15 is 0 Å². The van der Waals surface area contributed by atoms with E-state index in [2.05, 4.69) is 34.6 Å². The second-order valence-corrected chi connectivity index (χ2v) is 5.45. The van der Waals surface area contributed by atoms with Crippen LogP contribution in [0, 0.1) is 6.92 Å². The van der Waals surface area contributed by atoms with Crippen LogP contribution >= 0.6 is 11.6 Å². The standard InChI is InChI=1S/C15H17ClN2/c1-10-7-13-8-11(12-3-2-6-17-9-12)4-5-14(13)18-15(10)16/h4-5,7-8,12,17H,2-3,6,9H2,1H3. The van der Waals surface area contributed by atoms with Crippen LogP contribution in [0.1, 0.15) is 29.9 Å². The summed E-state index contributed by atoms with van der Waals surface area (Å²) >= 11 is 6.06. The summed E-state index contributed by atoms with van der Waals surface area (Å²) in [7, 11) is 0. The number of benzene rings is 1. The number of nitrogens with one attached hydrogen (secondary N) is 1. The largest absolute Gasteiger partial charge is 0.316 e. The van der Waals surface area contributed by atoms with Crippen LogP contribution in [-0.2, 0) is 0 Å². The molecule has 1 atom stereocenters. The molecule has 1 aliphatic heterocycles. The molecule has 0 saturated carbocycles. The van der Waals surface area contributed by atoms with E-state index in [-0.39, 0.29) is 0 Å². The van der Waals surface area contributed by atoms with E-state index in [1.54, 1.807) is 0 Å². The highest BCUT2D eigenvalue weighted by molar-refractivity contribution is 6.30. The molecule has 0 aliphatic carbocycles. The molecule has 2 aromatic rings. The minimum Gasteiger partial charge on any atom is -0.316 e. The smallest absolute Gasteiger partial charge is 0.132 e. The summed E-state index contributed by atoms with van der Waals surface area (Å²) < 4.78 is 0. The number of hydrogen-bond acceptors (Lipinski definition) is 2. The normalized spacial score (nSPS) is 20.2. The minimum atomic E-state index is 0.606. The molecule has 1 N–H and O–H groups in total. The lowest BCUT2D eigenvalue weighted by Gasteiger charge is -2.23. The van der Waals surface area contributed by atoms with Gasteiger partial charge in [-0.05, 0) is 61.6 Å². The zero-order valence-corrected chi connectivity index (χ0v) is 11.3. The number of halogens is 1. The maximum Gasteiger partial charge on any atom is 0.132 e.